The summed E-state index contributed by atoms with van der Waals surface area (Å²) >= 11 is 4.99. The van der Waals surface area contributed by atoms with Crippen LogP contribution in [0.4, 0.5) is 4.79 Å². The second-order valence-electron chi connectivity index (χ2n) is 4.93. The molecule has 0 saturated heterocycles. The van der Waals surface area contributed by atoms with Gasteiger partial charge in [0.1, 0.15) is 19.8 Å². The summed E-state index contributed by atoms with van der Waals surface area (Å²) in [6.45, 7) is 11.5. The summed E-state index contributed by atoms with van der Waals surface area (Å²) in [5, 5.41) is 8.73. The molecule has 0 spiro atoms. The van der Waals surface area contributed by atoms with Gasteiger partial charge in [0, 0.05) is 35.9 Å². The molecule has 0 radical (unpaired) electrons. The summed E-state index contributed by atoms with van der Waals surface area (Å²) in [6.07, 6.45) is 1.96. The predicted molar refractivity (Wildman–Crippen MR) is 107 cm³/mol. The maximum absolute atomic E-state index is 10.8. The van der Waals surface area contributed by atoms with Crippen molar-refractivity contribution >= 4 is 40.9 Å². The maximum Gasteiger partial charge on any atom is 0.404 e. The van der Waals surface area contributed by atoms with Gasteiger partial charge in [0.05, 0.1) is 6.61 Å². The van der Waals surface area contributed by atoms with Gasteiger partial charge in [-0.15, -0.1) is 0 Å². The SMILES string of the molecule is C=CC(=O)OCC(CO)OC(=O)C=C.C=CC(=O)OCC(COC(=O)C=C)OC(=O)Cl. The number of aliphatic hydroxyl groups excluding tert-OH is 1. The Kier molecular flexibility index (Phi) is 17.8. The van der Waals surface area contributed by atoms with Gasteiger partial charge in [-0.1, -0.05) is 26.3 Å². The summed E-state index contributed by atoms with van der Waals surface area (Å²) in [5.74, 6) is -2.72. The molecular weight excluding hydrogens is 440 g/mol. The Hall–Kier alpha value is -3.44. The molecule has 11 nitrogen and oxygen atoms in total. The highest BCUT2D eigenvalue weighted by Gasteiger charge is 2.17. The van der Waals surface area contributed by atoms with E-state index in [1.54, 1.807) is 0 Å². The first-order valence-electron chi connectivity index (χ1n) is 8.30. The van der Waals surface area contributed by atoms with Gasteiger partial charge in [-0.2, -0.15) is 0 Å². The second kappa shape index (κ2) is 18.6. The lowest BCUT2D eigenvalue weighted by Crippen LogP contribution is -2.28. The van der Waals surface area contributed by atoms with E-state index in [1.807, 2.05) is 0 Å². The van der Waals surface area contributed by atoms with Crippen molar-refractivity contribution < 1.29 is 52.8 Å². The van der Waals surface area contributed by atoms with E-state index in [-0.39, 0.29) is 19.8 Å². The van der Waals surface area contributed by atoms with Crippen LogP contribution in [-0.2, 0) is 42.9 Å². The summed E-state index contributed by atoms with van der Waals surface area (Å²) in [5.41, 5.74) is -1.10. The van der Waals surface area contributed by atoms with Gasteiger partial charge in [-0.3, -0.25) is 0 Å². The van der Waals surface area contributed by atoms with Crippen LogP contribution in [0.3, 0.4) is 0 Å². The van der Waals surface area contributed by atoms with E-state index in [1.165, 1.54) is 0 Å². The van der Waals surface area contributed by atoms with Crippen LogP contribution < -0.4 is 0 Å². The molecule has 1 atom stereocenters. The lowest BCUT2D eigenvalue weighted by atomic mass is 10.4. The van der Waals surface area contributed by atoms with Crippen LogP contribution in [0.5, 0.6) is 0 Å². The number of carbonyl (C=O) groups excluding carboxylic acids is 5. The Morgan fingerprint density at radius 3 is 1.32 bits per heavy atom. The molecule has 0 rings (SSSR count). The molecule has 0 aliphatic carbocycles. The molecule has 0 aromatic rings. The minimum Gasteiger partial charge on any atom is -0.458 e. The van der Waals surface area contributed by atoms with Crippen LogP contribution in [0, 0.1) is 0 Å². The highest BCUT2D eigenvalue weighted by atomic mass is 35.5. The molecule has 172 valence electrons. The lowest BCUT2D eigenvalue weighted by Gasteiger charge is -2.15. The van der Waals surface area contributed by atoms with Crippen LogP contribution in [0.15, 0.2) is 50.6 Å². The van der Waals surface area contributed by atoms with Gasteiger partial charge >= 0.3 is 29.3 Å². The normalized spacial score (nSPS) is 10.2. The number of hydrogen-bond donors (Lipinski definition) is 1. The number of ether oxygens (including phenoxy) is 5. The molecule has 1 N–H and O–H groups in total. The Labute approximate surface area is 183 Å². The van der Waals surface area contributed by atoms with Gasteiger partial charge in [-0.25, -0.2) is 24.0 Å². The number of aliphatic hydroxyl groups is 1. The van der Waals surface area contributed by atoms with Crippen molar-refractivity contribution in [2.75, 3.05) is 26.4 Å². The molecule has 0 fully saturated rings. The summed E-state index contributed by atoms with van der Waals surface area (Å²) in [6, 6.07) is 0. The van der Waals surface area contributed by atoms with Crippen LogP contribution >= 0.6 is 11.6 Å². The smallest absolute Gasteiger partial charge is 0.404 e. The number of hydrogen-bond acceptors (Lipinski definition) is 11. The summed E-state index contributed by atoms with van der Waals surface area (Å²) < 4.78 is 23.0. The Morgan fingerprint density at radius 2 is 1.03 bits per heavy atom. The molecule has 0 aromatic carbocycles. The van der Waals surface area contributed by atoms with E-state index in [0.717, 1.165) is 24.3 Å². The maximum atomic E-state index is 10.8. The molecule has 0 amide bonds. The molecule has 0 aliphatic rings. The van der Waals surface area contributed by atoms with E-state index in [2.05, 4.69) is 50.0 Å². The zero-order valence-corrected chi connectivity index (χ0v) is 17.3. The molecule has 0 heterocycles. The van der Waals surface area contributed by atoms with Gasteiger partial charge in [-0.05, 0) is 0 Å². The Bertz CT molecular complexity index is 648. The average molecular weight is 463 g/mol. The van der Waals surface area contributed by atoms with Crippen molar-refractivity contribution in [1.29, 1.82) is 0 Å². The number of rotatable bonds is 13. The molecule has 31 heavy (non-hydrogen) atoms. The van der Waals surface area contributed by atoms with Crippen LogP contribution in [0.2, 0.25) is 0 Å². The second-order valence-corrected chi connectivity index (χ2v) is 5.23. The predicted octanol–water partition coefficient (Wildman–Crippen LogP) is 0.994. The highest BCUT2D eigenvalue weighted by molar-refractivity contribution is 6.61. The molecule has 0 aliphatic heterocycles. The van der Waals surface area contributed by atoms with Gasteiger partial charge in [0.2, 0.25) is 0 Å². The van der Waals surface area contributed by atoms with E-state index in [4.69, 9.17) is 16.7 Å². The van der Waals surface area contributed by atoms with Crippen LogP contribution in [-0.4, -0.2) is 73.0 Å². The number of halogens is 1. The van der Waals surface area contributed by atoms with Crippen LogP contribution in [0.25, 0.3) is 0 Å². The minimum atomic E-state index is -1.10. The monoisotopic (exact) mass is 462 g/mol. The minimum absolute atomic E-state index is 0.207. The molecule has 0 saturated carbocycles. The molecule has 12 heteroatoms. The van der Waals surface area contributed by atoms with Crippen molar-refractivity contribution in [2.24, 2.45) is 0 Å². The fourth-order valence-electron chi connectivity index (χ4n) is 1.29. The summed E-state index contributed by atoms with van der Waals surface area (Å²) in [4.78, 5) is 53.3. The Morgan fingerprint density at radius 1 is 0.677 bits per heavy atom. The fraction of sp³-hybridized carbons (Fsp3) is 0.316. The molecule has 0 aromatic heterocycles. The third-order valence-electron chi connectivity index (χ3n) is 2.65. The zero-order chi connectivity index (χ0) is 24.2. The van der Waals surface area contributed by atoms with Gasteiger partial charge < -0.3 is 28.8 Å². The van der Waals surface area contributed by atoms with Crippen molar-refractivity contribution in [3.05, 3.63) is 50.6 Å². The average Bonchev–Trinajstić information content (AvgIpc) is 2.77. The quantitative estimate of drug-likeness (QED) is 0.180. The van der Waals surface area contributed by atoms with Gasteiger partial charge in [0.15, 0.2) is 12.2 Å². The fourth-order valence-corrected chi connectivity index (χ4v) is 1.41. The van der Waals surface area contributed by atoms with Gasteiger partial charge in [0.25, 0.3) is 0 Å². The van der Waals surface area contributed by atoms with E-state index in [0.29, 0.717) is 0 Å². The van der Waals surface area contributed by atoms with Crippen molar-refractivity contribution in [2.45, 2.75) is 12.2 Å². The number of carbonyl (C=O) groups is 5. The lowest BCUT2D eigenvalue weighted by molar-refractivity contribution is -0.154. The van der Waals surface area contributed by atoms with Crippen molar-refractivity contribution in [3.63, 3.8) is 0 Å². The zero-order valence-electron chi connectivity index (χ0n) is 16.5. The first-order chi connectivity index (χ1) is 14.6. The molecule has 0 bridgehead atoms. The van der Waals surface area contributed by atoms with E-state index in [9.17, 15) is 24.0 Å². The molecule has 1 unspecified atom stereocenters. The first-order valence-corrected chi connectivity index (χ1v) is 8.68. The summed E-state index contributed by atoms with van der Waals surface area (Å²) in [7, 11) is 0. The van der Waals surface area contributed by atoms with Crippen molar-refractivity contribution in [1.82, 2.24) is 0 Å². The number of esters is 4. The largest absolute Gasteiger partial charge is 0.458 e. The molecular formula is C19H23ClO11. The third-order valence-corrected chi connectivity index (χ3v) is 2.74. The topological polar surface area (TPSA) is 152 Å². The van der Waals surface area contributed by atoms with Crippen molar-refractivity contribution in [3.8, 4) is 0 Å². The first kappa shape index (κ1) is 29.8. The van der Waals surface area contributed by atoms with Crippen LogP contribution in [0.1, 0.15) is 0 Å². The Balaban J connectivity index is 0. The standard InChI is InChI=1S/C10H11ClO6.C9H12O5/c1-3-8(12)15-5-7(17-10(11)14)6-16-9(13)4-2;1-3-8(11)13-6-7(5-10)14-9(12)4-2/h3-4,7H,1-2,5-6H2;3-4,7,10H,1-2,5-6H2. The highest BCUT2D eigenvalue weighted by Crippen LogP contribution is 2.01. The van der Waals surface area contributed by atoms with E-state index >= 15 is 0 Å². The third kappa shape index (κ3) is 18.3. The van der Waals surface area contributed by atoms with E-state index < -0.39 is 48.1 Å².